The molecule has 0 fully saturated rings. The molecule has 0 radical (unpaired) electrons. The van der Waals surface area contributed by atoms with Gasteiger partial charge >= 0.3 is 0 Å². The molecule has 0 heterocycles. The molecule has 3 heteroatoms. The lowest BCUT2D eigenvalue weighted by Gasteiger charge is -2.05. The number of aryl methyl sites for hydroxylation is 1. The summed E-state index contributed by atoms with van der Waals surface area (Å²) in [7, 11) is 0. The van der Waals surface area contributed by atoms with Crippen LogP contribution in [0.5, 0.6) is 5.75 Å². The van der Waals surface area contributed by atoms with Crippen LogP contribution in [-0.2, 0) is 6.42 Å². The average Bonchev–Trinajstić information content (AvgIpc) is 2.21. The minimum absolute atomic E-state index is 0.403. The second-order valence-corrected chi connectivity index (χ2v) is 4.12. The van der Waals surface area contributed by atoms with Gasteiger partial charge in [0, 0.05) is 4.90 Å². The van der Waals surface area contributed by atoms with Crippen LogP contribution in [-0.4, -0.2) is 17.9 Å². The van der Waals surface area contributed by atoms with Gasteiger partial charge in [-0.2, -0.15) is 0 Å². The van der Waals surface area contributed by atoms with Gasteiger partial charge in [-0.3, -0.25) is 0 Å². The highest BCUT2D eigenvalue weighted by Gasteiger charge is 2.01. The molecule has 0 saturated heterocycles. The Kier molecular flexibility index (Phi) is 4.84. The van der Waals surface area contributed by atoms with Gasteiger partial charge in [-0.25, -0.2) is 0 Å². The van der Waals surface area contributed by atoms with Crippen molar-refractivity contribution in [1.29, 1.82) is 0 Å². The number of benzene rings is 1. The SMILES string of the molecule is CSc1ccc(O)c(CCCCN)c1. The van der Waals surface area contributed by atoms with Crippen LogP contribution in [0.1, 0.15) is 18.4 Å². The van der Waals surface area contributed by atoms with Gasteiger partial charge in [0.1, 0.15) is 5.75 Å². The highest BCUT2D eigenvalue weighted by molar-refractivity contribution is 7.98. The van der Waals surface area contributed by atoms with Crippen molar-refractivity contribution in [1.82, 2.24) is 0 Å². The summed E-state index contributed by atoms with van der Waals surface area (Å²) >= 11 is 1.70. The van der Waals surface area contributed by atoms with Crippen LogP contribution in [0.3, 0.4) is 0 Å². The summed E-state index contributed by atoms with van der Waals surface area (Å²) in [5.74, 6) is 0.403. The van der Waals surface area contributed by atoms with Gasteiger partial charge in [0.15, 0.2) is 0 Å². The third kappa shape index (κ3) is 3.24. The van der Waals surface area contributed by atoms with Crippen LogP contribution in [0, 0.1) is 0 Å². The van der Waals surface area contributed by atoms with Crippen LogP contribution in [0.25, 0.3) is 0 Å². The molecule has 0 aromatic heterocycles. The van der Waals surface area contributed by atoms with Crippen LogP contribution >= 0.6 is 11.8 Å². The van der Waals surface area contributed by atoms with Gasteiger partial charge in [-0.05, 0) is 55.8 Å². The van der Waals surface area contributed by atoms with Gasteiger partial charge in [0.25, 0.3) is 0 Å². The quantitative estimate of drug-likeness (QED) is 0.580. The van der Waals surface area contributed by atoms with Crippen LogP contribution in [0.2, 0.25) is 0 Å². The summed E-state index contributed by atoms with van der Waals surface area (Å²) in [5.41, 5.74) is 6.45. The fraction of sp³-hybridized carbons (Fsp3) is 0.455. The first-order chi connectivity index (χ1) is 6.77. The van der Waals surface area contributed by atoms with Crippen molar-refractivity contribution in [3.63, 3.8) is 0 Å². The third-order valence-corrected chi connectivity index (χ3v) is 2.91. The van der Waals surface area contributed by atoms with Gasteiger partial charge in [0.05, 0.1) is 0 Å². The standard InChI is InChI=1S/C11H17NOS/c1-14-10-5-6-11(13)9(8-10)4-2-3-7-12/h5-6,8,13H,2-4,7,12H2,1H3. The zero-order chi connectivity index (χ0) is 10.4. The molecule has 0 spiro atoms. The monoisotopic (exact) mass is 211 g/mol. The molecule has 1 aromatic rings. The van der Waals surface area contributed by atoms with Gasteiger partial charge in [-0.1, -0.05) is 0 Å². The third-order valence-electron chi connectivity index (χ3n) is 2.19. The number of aromatic hydroxyl groups is 1. The molecule has 0 aliphatic rings. The fourth-order valence-electron chi connectivity index (χ4n) is 1.35. The molecule has 0 amide bonds. The van der Waals surface area contributed by atoms with E-state index in [1.54, 1.807) is 17.8 Å². The van der Waals surface area contributed by atoms with Crippen LogP contribution in [0.4, 0.5) is 0 Å². The zero-order valence-corrected chi connectivity index (χ0v) is 9.31. The first-order valence-corrected chi connectivity index (χ1v) is 6.06. The van der Waals surface area contributed by atoms with Crippen molar-refractivity contribution in [2.75, 3.05) is 12.8 Å². The Balaban J connectivity index is 2.64. The molecule has 3 N–H and O–H groups in total. The fourth-order valence-corrected chi connectivity index (χ4v) is 1.81. The van der Waals surface area contributed by atoms with E-state index in [4.69, 9.17) is 5.73 Å². The van der Waals surface area contributed by atoms with Crippen LogP contribution in [0.15, 0.2) is 23.1 Å². The number of hydrogen-bond donors (Lipinski definition) is 2. The van der Waals surface area contributed by atoms with Crippen LogP contribution < -0.4 is 5.73 Å². The van der Waals surface area contributed by atoms with E-state index in [1.807, 2.05) is 12.3 Å². The molecule has 14 heavy (non-hydrogen) atoms. The molecular formula is C11H17NOS. The number of phenols is 1. The van der Waals surface area contributed by atoms with Crippen molar-refractivity contribution in [2.45, 2.75) is 24.2 Å². The Bertz CT molecular complexity index is 289. The summed E-state index contributed by atoms with van der Waals surface area (Å²) in [6.07, 6.45) is 5.01. The number of unbranched alkanes of at least 4 members (excludes halogenated alkanes) is 1. The second-order valence-electron chi connectivity index (χ2n) is 3.24. The van der Waals surface area contributed by atoms with E-state index >= 15 is 0 Å². The van der Waals surface area contributed by atoms with E-state index in [9.17, 15) is 5.11 Å². The normalized spacial score (nSPS) is 10.4. The number of phenolic OH excluding ortho intramolecular Hbond substituents is 1. The first kappa shape index (κ1) is 11.4. The summed E-state index contributed by atoms with van der Waals surface area (Å²) in [6, 6.07) is 5.76. The maximum Gasteiger partial charge on any atom is 0.118 e. The van der Waals surface area contributed by atoms with E-state index in [0.717, 1.165) is 31.4 Å². The number of thioether (sulfide) groups is 1. The van der Waals surface area contributed by atoms with E-state index in [1.165, 1.54) is 4.90 Å². The van der Waals surface area contributed by atoms with Gasteiger partial charge in [0.2, 0.25) is 0 Å². The Morgan fingerprint density at radius 2 is 2.14 bits per heavy atom. The number of rotatable bonds is 5. The summed E-state index contributed by atoms with van der Waals surface area (Å²) in [4.78, 5) is 1.20. The van der Waals surface area contributed by atoms with Gasteiger partial charge in [-0.15, -0.1) is 11.8 Å². The van der Waals surface area contributed by atoms with E-state index in [2.05, 4.69) is 6.07 Å². The highest BCUT2D eigenvalue weighted by Crippen LogP contribution is 2.24. The molecule has 0 aliphatic carbocycles. The van der Waals surface area contributed by atoms with E-state index in [0.29, 0.717) is 5.75 Å². The van der Waals surface area contributed by atoms with E-state index in [-0.39, 0.29) is 0 Å². The Morgan fingerprint density at radius 1 is 1.36 bits per heavy atom. The smallest absolute Gasteiger partial charge is 0.118 e. The molecule has 78 valence electrons. The van der Waals surface area contributed by atoms with Gasteiger partial charge < -0.3 is 10.8 Å². The largest absolute Gasteiger partial charge is 0.508 e. The predicted molar refractivity (Wildman–Crippen MR) is 61.9 cm³/mol. The Morgan fingerprint density at radius 3 is 2.79 bits per heavy atom. The Hall–Kier alpha value is -0.670. The molecule has 0 saturated carbocycles. The lowest BCUT2D eigenvalue weighted by molar-refractivity contribution is 0.466. The average molecular weight is 211 g/mol. The predicted octanol–water partition coefficient (Wildman–Crippen LogP) is 2.40. The van der Waals surface area contributed by atoms with Crippen molar-refractivity contribution in [3.05, 3.63) is 23.8 Å². The van der Waals surface area contributed by atoms with Crippen molar-refractivity contribution in [2.24, 2.45) is 5.73 Å². The zero-order valence-electron chi connectivity index (χ0n) is 8.49. The molecule has 2 nitrogen and oxygen atoms in total. The molecular weight excluding hydrogens is 194 g/mol. The molecule has 0 unspecified atom stereocenters. The first-order valence-electron chi connectivity index (χ1n) is 4.84. The summed E-state index contributed by atoms with van der Waals surface area (Å²) < 4.78 is 0. The lowest BCUT2D eigenvalue weighted by atomic mass is 10.1. The summed E-state index contributed by atoms with van der Waals surface area (Å²) in [5, 5.41) is 9.59. The summed E-state index contributed by atoms with van der Waals surface area (Å²) in [6.45, 7) is 0.725. The molecule has 1 aromatic carbocycles. The Labute approximate surface area is 89.5 Å². The van der Waals surface area contributed by atoms with E-state index < -0.39 is 0 Å². The molecule has 0 aliphatic heterocycles. The minimum Gasteiger partial charge on any atom is -0.508 e. The number of hydrogen-bond acceptors (Lipinski definition) is 3. The molecule has 0 bridgehead atoms. The van der Waals surface area contributed by atoms with Crippen molar-refractivity contribution in [3.8, 4) is 5.75 Å². The van der Waals surface area contributed by atoms with Crippen molar-refractivity contribution < 1.29 is 5.11 Å². The molecule has 0 atom stereocenters. The second kappa shape index (κ2) is 5.94. The van der Waals surface area contributed by atoms with Crippen molar-refractivity contribution >= 4 is 11.8 Å². The number of nitrogens with two attached hydrogens (primary N) is 1. The molecule has 1 rings (SSSR count). The highest BCUT2D eigenvalue weighted by atomic mass is 32.2. The lowest BCUT2D eigenvalue weighted by Crippen LogP contribution is -1.99. The maximum atomic E-state index is 9.59. The minimum atomic E-state index is 0.403. The maximum absolute atomic E-state index is 9.59. The topological polar surface area (TPSA) is 46.2 Å².